The number of halogens is 1. The molecule has 1 saturated heterocycles. The van der Waals surface area contributed by atoms with Crippen molar-refractivity contribution in [2.24, 2.45) is 17.6 Å². The molecule has 0 radical (unpaired) electrons. The molecule has 3 atom stereocenters. The largest absolute Gasteiger partial charge is 0.327 e. The van der Waals surface area contributed by atoms with Crippen molar-refractivity contribution in [3.8, 4) is 0 Å². The number of aryl methyl sites for hydroxylation is 1. The average Bonchev–Trinajstić information content (AvgIpc) is 2.97. The van der Waals surface area contributed by atoms with Gasteiger partial charge in [-0.25, -0.2) is 4.79 Å². The van der Waals surface area contributed by atoms with Crippen molar-refractivity contribution < 1.29 is 4.79 Å². The molecule has 108 valence electrons. The Bertz CT molecular complexity index is 534. The van der Waals surface area contributed by atoms with E-state index in [9.17, 15) is 4.79 Å². The van der Waals surface area contributed by atoms with Gasteiger partial charge in [-0.05, 0) is 49.3 Å². The van der Waals surface area contributed by atoms with Crippen LogP contribution in [0.4, 0.5) is 10.5 Å². The summed E-state index contributed by atoms with van der Waals surface area (Å²) in [6, 6.07) is 5.78. The van der Waals surface area contributed by atoms with Gasteiger partial charge in [-0.1, -0.05) is 17.7 Å². The van der Waals surface area contributed by atoms with E-state index in [1.54, 1.807) is 6.07 Å². The zero-order valence-electron chi connectivity index (χ0n) is 11.6. The van der Waals surface area contributed by atoms with E-state index in [4.69, 9.17) is 17.3 Å². The lowest BCUT2D eigenvalue weighted by Crippen LogP contribution is -2.36. The third-order valence-electron chi connectivity index (χ3n) is 4.62. The summed E-state index contributed by atoms with van der Waals surface area (Å²) in [4.78, 5) is 14.2. The van der Waals surface area contributed by atoms with Gasteiger partial charge in [-0.15, -0.1) is 0 Å². The number of hydrogen-bond donors (Lipinski definition) is 2. The number of urea groups is 1. The fourth-order valence-electron chi connectivity index (χ4n) is 3.35. The van der Waals surface area contributed by atoms with Crippen LogP contribution in [-0.4, -0.2) is 30.1 Å². The highest BCUT2D eigenvalue weighted by Gasteiger charge is 2.42. The van der Waals surface area contributed by atoms with E-state index in [0.29, 0.717) is 16.9 Å². The van der Waals surface area contributed by atoms with E-state index in [0.717, 1.165) is 37.2 Å². The van der Waals surface area contributed by atoms with Crippen LogP contribution in [0.2, 0.25) is 5.02 Å². The molecule has 5 heteroatoms. The maximum Gasteiger partial charge on any atom is 0.321 e. The second-order valence-electron chi connectivity index (χ2n) is 5.96. The lowest BCUT2D eigenvalue weighted by Gasteiger charge is -2.19. The fraction of sp³-hybridized carbons (Fsp3) is 0.533. The van der Waals surface area contributed by atoms with Crippen LogP contribution in [0.3, 0.4) is 0 Å². The van der Waals surface area contributed by atoms with Crippen LogP contribution in [0.1, 0.15) is 18.4 Å². The molecule has 0 spiro atoms. The molecule has 1 saturated carbocycles. The van der Waals surface area contributed by atoms with Crippen LogP contribution >= 0.6 is 11.6 Å². The SMILES string of the molecule is Cc1ccc(NC(=O)N2CC3CCC(N)C3C2)cc1Cl. The van der Waals surface area contributed by atoms with Crippen LogP contribution in [0.5, 0.6) is 0 Å². The van der Waals surface area contributed by atoms with E-state index >= 15 is 0 Å². The number of anilines is 1. The first-order valence-electron chi connectivity index (χ1n) is 7.12. The minimum atomic E-state index is -0.0495. The number of fused-ring (bicyclic) bond motifs is 1. The van der Waals surface area contributed by atoms with Crippen molar-refractivity contribution in [3.63, 3.8) is 0 Å². The van der Waals surface area contributed by atoms with E-state index in [-0.39, 0.29) is 12.1 Å². The van der Waals surface area contributed by atoms with Gasteiger partial charge in [0.05, 0.1) is 0 Å². The number of benzene rings is 1. The van der Waals surface area contributed by atoms with Gasteiger partial charge >= 0.3 is 6.03 Å². The van der Waals surface area contributed by atoms with Gasteiger partial charge in [0.25, 0.3) is 0 Å². The molecule has 1 aliphatic heterocycles. The maximum absolute atomic E-state index is 12.3. The van der Waals surface area contributed by atoms with Crippen LogP contribution in [0.15, 0.2) is 18.2 Å². The van der Waals surface area contributed by atoms with Crippen molar-refractivity contribution in [2.45, 2.75) is 25.8 Å². The lowest BCUT2D eigenvalue weighted by atomic mass is 9.98. The standard InChI is InChI=1S/C15H20ClN3O/c1-9-2-4-11(6-13(9)16)18-15(20)19-7-10-3-5-14(17)12(10)8-19/h2,4,6,10,12,14H,3,5,7-8,17H2,1H3,(H,18,20). The highest BCUT2D eigenvalue weighted by Crippen LogP contribution is 2.37. The molecule has 4 nitrogen and oxygen atoms in total. The zero-order valence-corrected chi connectivity index (χ0v) is 12.4. The molecule has 0 aromatic heterocycles. The van der Waals surface area contributed by atoms with Gasteiger partial charge in [-0.3, -0.25) is 0 Å². The Balaban J connectivity index is 1.64. The molecule has 3 unspecified atom stereocenters. The van der Waals surface area contributed by atoms with Gasteiger partial charge in [0, 0.05) is 29.8 Å². The summed E-state index contributed by atoms with van der Waals surface area (Å²) in [5.41, 5.74) is 7.84. The van der Waals surface area contributed by atoms with Crippen molar-refractivity contribution in [1.82, 2.24) is 4.90 Å². The Labute approximate surface area is 124 Å². The Morgan fingerprint density at radius 1 is 1.40 bits per heavy atom. The molecule has 1 aromatic carbocycles. The summed E-state index contributed by atoms with van der Waals surface area (Å²) in [6.45, 7) is 3.54. The van der Waals surface area contributed by atoms with E-state index < -0.39 is 0 Å². The molecular weight excluding hydrogens is 274 g/mol. The Morgan fingerprint density at radius 3 is 2.90 bits per heavy atom. The molecule has 1 aromatic rings. The second kappa shape index (κ2) is 5.26. The molecule has 2 fully saturated rings. The van der Waals surface area contributed by atoms with E-state index in [1.807, 2.05) is 24.0 Å². The van der Waals surface area contributed by atoms with E-state index in [2.05, 4.69) is 5.32 Å². The molecule has 3 N–H and O–H groups in total. The summed E-state index contributed by atoms with van der Waals surface area (Å²) in [6.07, 6.45) is 2.24. The number of hydrogen-bond acceptors (Lipinski definition) is 2. The zero-order chi connectivity index (χ0) is 14.3. The van der Waals surface area contributed by atoms with Gasteiger partial charge in [0.15, 0.2) is 0 Å². The first kappa shape index (κ1) is 13.7. The predicted octanol–water partition coefficient (Wildman–Crippen LogP) is 2.85. The van der Waals surface area contributed by atoms with Crippen molar-refractivity contribution in [1.29, 1.82) is 0 Å². The molecule has 2 aliphatic rings. The molecule has 3 rings (SSSR count). The number of nitrogens with two attached hydrogens (primary N) is 1. The van der Waals surface area contributed by atoms with Gasteiger partial charge in [0.1, 0.15) is 0 Å². The summed E-state index contributed by atoms with van der Waals surface area (Å²) >= 11 is 6.07. The third-order valence-corrected chi connectivity index (χ3v) is 5.03. The molecule has 1 heterocycles. The van der Waals surface area contributed by atoms with Gasteiger partial charge < -0.3 is 16.0 Å². The Kier molecular flexibility index (Phi) is 3.61. The van der Waals surface area contributed by atoms with Crippen LogP contribution in [0.25, 0.3) is 0 Å². The Hall–Kier alpha value is -1.26. The highest BCUT2D eigenvalue weighted by atomic mass is 35.5. The summed E-state index contributed by atoms with van der Waals surface area (Å²) < 4.78 is 0. The Morgan fingerprint density at radius 2 is 2.20 bits per heavy atom. The normalized spacial score (nSPS) is 28.6. The molecule has 2 amide bonds. The first-order valence-corrected chi connectivity index (χ1v) is 7.50. The van der Waals surface area contributed by atoms with Crippen molar-refractivity contribution in [3.05, 3.63) is 28.8 Å². The summed E-state index contributed by atoms with van der Waals surface area (Å²) in [5, 5.41) is 3.59. The molecular formula is C15H20ClN3O. The topological polar surface area (TPSA) is 58.4 Å². The summed E-state index contributed by atoms with van der Waals surface area (Å²) in [7, 11) is 0. The second-order valence-corrected chi connectivity index (χ2v) is 6.37. The number of carbonyl (C=O) groups excluding carboxylic acids is 1. The molecule has 0 bridgehead atoms. The van der Waals surface area contributed by atoms with Gasteiger partial charge in [-0.2, -0.15) is 0 Å². The number of carbonyl (C=O) groups is 1. The third kappa shape index (κ3) is 2.50. The van der Waals surface area contributed by atoms with Crippen LogP contribution in [-0.2, 0) is 0 Å². The van der Waals surface area contributed by atoms with Crippen molar-refractivity contribution in [2.75, 3.05) is 18.4 Å². The van der Waals surface area contributed by atoms with E-state index in [1.165, 1.54) is 0 Å². The highest BCUT2D eigenvalue weighted by molar-refractivity contribution is 6.31. The smallest absolute Gasteiger partial charge is 0.321 e. The maximum atomic E-state index is 12.3. The first-order chi connectivity index (χ1) is 9.54. The number of amides is 2. The lowest BCUT2D eigenvalue weighted by molar-refractivity contribution is 0.218. The quantitative estimate of drug-likeness (QED) is 0.836. The summed E-state index contributed by atoms with van der Waals surface area (Å²) in [5.74, 6) is 1.06. The monoisotopic (exact) mass is 293 g/mol. The molecule has 20 heavy (non-hydrogen) atoms. The average molecular weight is 294 g/mol. The van der Waals surface area contributed by atoms with Crippen LogP contribution in [0, 0.1) is 18.8 Å². The van der Waals surface area contributed by atoms with Crippen LogP contribution < -0.4 is 11.1 Å². The van der Waals surface area contributed by atoms with Crippen molar-refractivity contribution >= 4 is 23.3 Å². The molecule has 1 aliphatic carbocycles. The number of rotatable bonds is 1. The fourth-order valence-corrected chi connectivity index (χ4v) is 3.53. The van der Waals surface area contributed by atoms with Gasteiger partial charge in [0.2, 0.25) is 0 Å². The number of nitrogens with zero attached hydrogens (tertiary/aromatic N) is 1. The number of likely N-dealkylation sites (tertiary alicyclic amines) is 1. The minimum absolute atomic E-state index is 0.0495. The predicted molar refractivity (Wildman–Crippen MR) is 81.0 cm³/mol. The minimum Gasteiger partial charge on any atom is -0.327 e. The number of nitrogens with one attached hydrogen (secondary N) is 1.